The van der Waals surface area contributed by atoms with Crippen LogP contribution in [0.1, 0.15) is 23.6 Å². The quantitative estimate of drug-likeness (QED) is 0.642. The molecular weight excluding hydrogens is 262 g/mol. The Kier molecular flexibility index (Phi) is 3.80. The number of nitrogens with zero attached hydrogens (tertiary/aromatic N) is 1. The first kappa shape index (κ1) is 13.5. The Labute approximate surface area is 116 Å². The van der Waals surface area contributed by atoms with Gasteiger partial charge in [-0.25, -0.2) is 4.79 Å². The lowest BCUT2D eigenvalue weighted by Gasteiger charge is -2.12. The molecule has 1 unspecified atom stereocenters. The Morgan fingerprint density at radius 2 is 2.00 bits per heavy atom. The van der Waals surface area contributed by atoms with Gasteiger partial charge in [0.05, 0.1) is 4.99 Å². The highest BCUT2D eigenvalue weighted by Crippen LogP contribution is 2.22. The molecule has 1 fully saturated rings. The summed E-state index contributed by atoms with van der Waals surface area (Å²) in [7, 11) is 0. The fourth-order valence-electron chi connectivity index (χ4n) is 1.94. The topological polar surface area (TPSA) is 75.4 Å². The molecule has 1 saturated heterocycles. The highest BCUT2D eigenvalue weighted by Gasteiger charge is 2.38. The largest absolute Gasteiger partial charge is 0.393 e. The summed E-state index contributed by atoms with van der Waals surface area (Å²) in [6.45, 7) is 2.19. The molecule has 3 amide bonds. The van der Waals surface area contributed by atoms with Gasteiger partial charge in [0.15, 0.2) is 0 Å². The van der Waals surface area contributed by atoms with Crippen LogP contribution in [0.25, 0.3) is 0 Å². The summed E-state index contributed by atoms with van der Waals surface area (Å²) < 4.78 is 0. The van der Waals surface area contributed by atoms with Crippen molar-refractivity contribution in [1.29, 1.82) is 0 Å². The molecule has 19 heavy (non-hydrogen) atoms. The first-order valence-electron chi connectivity index (χ1n) is 5.96. The van der Waals surface area contributed by atoms with Crippen LogP contribution in [-0.4, -0.2) is 28.4 Å². The van der Waals surface area contributed by atoms with E-state index in [1.54, 1.807) is 0 Å². The number of carbonyl (C=O) groups is 2. The zero-order valence-electron chi connectivity index (χ0n) is 10.6. The third-order valence-corrected chi connectivity index (χ3v) is 3.22. The van der Waals surface area contributed by atoms with E-state index >= 15 is 0 Å². The van der Waals surface area contributed by atoms with E-state index in [9.17, 15) is 9.59 Å². The molecule has 6 heteroatoms. The van der Waals surface area contributed by atoms with Gasteiger partial charge in [0.1, 0.15) is 6.04 Å². The van der Waals surface area contributed by atoms with Gasteiger partial charge in [0.2, 0.25) is 0 Å². The highest BCUT2D eigenvalue weighted by molar-refractivity contribution is 7.80. The van der Waals surface area contributed by atoms with E-state index in [1.807, 2.05) is 31.2 Å². The minimum atomic E-state index is -0.612. The number of hydrogen-bond acceptors (Lipinski definition) is 3. The molecule has 1 aromatic rings. The molecule has 0 saturated carbocycles. The van der Waals surface area contributed by atoms with E-state index in [2.05, 4.69) is 5.32 Å². The number of carbonyl (C=O) groups excluding carboxylic acids is 2. The number of imide groups is 1. The average Bonchev–Trinajstić information content (AvgIpc) is 2.63. The van der Waals surface area contributed by atoms with E-state index in [-0.39, 0.29) is 12.5 Å². The van der Waals surface area contributed by atoms with Crippen LogP contribution in [0.5, 0.6) is 0 Å². The second-order valence-electron chi connectivity index (χ2n) is 4.50. The van der Waals surface area contributed by atoms with E-state index in [0.717, 1.165) is 16.0 Å². The van der Waals surface area contributed by atoms with Gasteiger partial charge in [0.25, 0.3) is 5.91 Å². The Balaban J connectivity index is 2.13. The number of benzene rings is 1. The lowest BCUT2D eigenvalue weighted by atomic mass is 10.1. The molecule has 100 valence electrons. The molecule has 1 aromatic carbocycles. The minimum Gasteiger partial charge on any atom is -0.393 e. The predicted molar refractivity (Wildman–Crippen MR) is 75.6 cm³/mol. The van der Waals surface area contributed by atoms with Crippen molar-refractivity contribution in [2.45, 2.75) is 19.4 Å². The van der Waals surface area contributed by atoms with Crippen LogP contribution in [0.3, 0.4) is 0 Å². The molecule has 2 rings (SSSR count). The number of thiocarbonyl (C=S) groups is 1. The fourth-order valence-corrected chi connectivity index (χ4v) is 2.03. The first-order chi connectivity index (χ1) is 8.99. The SMILES string of the molecule is Cc1ccc(C2NC(=O)N(CCC(N)=S)C2=O)cc1. The fraction of sp³-hybridized carbons (Fsp3) is 0.308. The van der Waals surface area contributed by atoms with Gasteiger partial charge in [-0.05, 0) is 12.5 Å². The number of amides is 3. The minimum absolute atomic E-state index is 0.225. The molecule has 0 spiro atoms. The second-order valence-corrected chi connectivity index (χ2v) is 5.02. The van der Waals surface area contributed by atoms with Crippen molar-refractivity contribution in [1.82, 2.24) is 10.2 Å². The van der Waals surface area contributed by atoms with Crippen LogP contribution in [0, 0.1) is 6.92 Å². The summed E-state index contributed by atoms with van der Waals surface area (Å²) >= 11 is 4.75. The van der Waals surface area contributed by atoms with Gasteiger partial charge in [-0.3, -0.25) is 9.69 Å². The van der Waals surface area contributed by atoms with E-state index < -0.39 is 12.1 Å². The van der Waals surface area contributed by atoms with Gasteiger partial charge < -0.3 is 11.1 Å². The van der Waals surface area contributed by atoms with Gasteiger partial charge >= 0.3 is 6.03 Å². The van der Waals surface area contributed by atoms with Crippen molar-refractivity contribution in [3.05, 3.63) is 35.4 Å². The highest BCUT2D eigenvalue weighted by atomic mass is 32.1. The normalized spacial score (nSPS) is 18.6. The van der Waals surface area contributed by atoms with Gasteiger partial charge in [-0.1, -0.05) is 42.0 Å². The maximum Gasteiger partial charge on any atom is 0.325 e. The Morgan fingerprint density at radius 3 is 2.58 bits per heavy atom. The number of aryl methyl sites for hydroxylation is 1. The van der Waals surface area contributed by atoms with Crippen LogP contribution in [0.4, 0.5) is 4.79 Å². The number of hydrogen-bond donors (Lipinski definition) is 2. The van der Waals surface area contributed by atoms with Crippen LogP contribution in [0.2, 0.25) is 0 Å². The molecule has 1 atom stereocenters. The number of rotatable bonds is 4. The van der Waals surface area contributed by atoms with Gasteiger partial charge in [0, 0.05) is 13.0 Å². The molecule has 0 aromatic heterocycles. The Bertz CT molecular complexity index is 527. The van der Waals surface area contributed by atoms with E-state index in [0.29, 0.717) is 11.4 Å². The Hall–Kier alpha value is -1.95. The number of nitrogens with two attached hydrogens (primary N) is 1. The van der Waals surface area contributed by atoms with Crippen LogP contribution in [-0.2, 0) is 4.79 Å². The third-order valence-electron chi connectivity index (χ3n) is 3.02. The van der Waals surface area contributed by atoms with E-state index in [4.69, 9.17) is 18.0 Å². The molecule has 1 aliphatic heterocycles. The molecule has 3 N–H and O–H groups in total. The molecule has 0 bridgehead atoms. The molecular formula is C13H15N3O2S. The first-order valence-corrected chi connectivity index (χ1v) is 6.36. The van der Waals surface area contributed by atoms with Crippen molar-refractivity contribution < 1.29 is 9.59 Å². The van der Waals surface area contributed by atoms with Crippen molar-refractivity contribution >= 4 is 29.1 Å². The van der Waals surface area contributed by atoms with Crippen LogP contribution in [0.15, 0.2) is 24.3 Å². The summed E-state index contributed by atoms with van der Waals surface area (Å²) in [5.74, 6) is -0.259. The summed E-state index contributed by atoms with van der Waals surface area (Å²) in [6.07, 6.45) is 0.342. The van der Waals surface area contributed by atoms with Crippen molar-refractivity contribution in [3.8, 4) is 0 Å². The van der Waals surface area contributed by atoms with E-state index in [1.165, 1.54) is 0 Å². The predicted octanol–water partition coefficient (Wildman–Crippen LogP) is 1.26. The zero-order valence-corrected chi connectivity index (χ0v) is 11.4. The smallest absolute Gasteiger partial charge is 0.325 e. The maximum atomic E-state index is 12.2. The van der Waals surface area contributed by atoms with Crippen molar-refractivity contribution in [2.24, 2.45) is 5.73 Å². The lowest BCUT2D eigenvalue weighted by Crippen LogP contribution is -2.33. The zero-order chi connectivity index (χ0) is 14.0. The monoisotopic (exact) mass is 277 g/mol. The van der Waals surface area contributed by atoms with Crippen molar-refractivity contribution in [3.63, 3.8) is 0 Å². The van der Waals surface area contributed by atoms with Crippen LogP contribution < -0.4 is 11.1 Å². The molecule has 1 aliphatic rings. The number of urea groups is 1. The lowest BCUT2D eigenvalue weighted by molar-refractivity contribution is -0.127. The second kappa shape index (κ2) is 5.36. The summed E-state index contributed by atoms with van der Waals surface area (Å²) in [5, 5.41) is 2.67. The summed E-state index contributed by atoms with van der Waals surface area (Å²) in [6, 6.07) is 6.50. The summed E-state index contributed by atoms with van der Waals surface area (Å²) in [4.78, 5) is 25.4. The maximum absolute atomic E-state index is 12.2. The van der Waals surface area contributed by atoms with Gasteiger partial charge in [-0.2, -0.15) is 0 Å². The van der Waals surface area contributed by atoms with Crippen LogP contribution >= 0.6 is 12.2 Å². The number of nitrogens with one attached hydrogen (secondary N) is 1. The molecule has 1 heterocycles. The molecule has 0 aliphatic carbocycles. The van der Waals surface area contributed by atoms with Gasteiger partial charge in [-0.15, -0.1) is 0 Å². The Morgan fingerprint density at radius 1 is 1.37 bits per heavy atom. The molecule has 0 radical (unpaired) electrons. The van der Waals surface area contributed by atoms with Crippen molar-refractivity contribution in [2.75, 3.05) is 6.54 Å². The summed E-state index contributed by atoms with van der Waals surface area (Å²) in [5.41, 5.74) is 7.27. The average molecular weight is 277 g/mol. The standard InChI is InChI=1S/C13H15N3O2S/c1-8-2-4-9(5-3-8)11-12(17)16(13(18)15-11)7-6-10(14)19/h2-5,11H,6-7H2,1H3,(H2,14,19)(H,15,18). The molecule has 5 nitrogen and oxygen atoms in total. The third kappa shape index (κ3) is 2.90.